The number of aliphatic hydroxyl groups excluding tert-OH is 1. The Kier molecular flexibility index (Phi) is 3.36. The average molecular weight is 262 g/mol. The molecule has 0 unspecified atom stereocenters. The van der Waals surface area contributed by atoms with Crippen LogP contribution in [0.3, 0.4) is 0 Å². The fourth-order valence-electron chi connectivity index (χ4n) is 1.68. The van der Waals surface area contributed by atoms with E-state index in [4.69, 9.17) is 21.1 Å². The Hall–Kier alpha value is -0.750. The van der Waals surface area contributed by atoms with E-state index in [0.29, 0.717) is 5.56 Å². The lowest BCUT2D eigenvalue weighted by atomic mass is 10.1. The number of hydrogen-bond donors (Lipinski definition) is 1. The van der Waals surface area contributed by atoms with E-state index < -0.39 is 23.8 Å². The van der Waals surface area contributed by atoms with E-state index in [2.05, 4.69) is 4.98 Å². The lowest BCUT2D eigenvalue weighted by Gasteiger charge is -2.20. The van der Waals surface area contributed by atoms with Gasteiger partial charge in [0.15, 0.2) is 16.8 Å². The Morgan fingerprint density at radius 1 is 1.65 bits per heavy atom. The van der Waals surface area contributed by atoms with Gasteiger partial charge >= 0.3 is 0 Å². The van der Waals surface area contributed by atoms with Crippen LogP contribution in [0.15, 0.2) is 12.3 Å². The molecule has 1 saturated heterocycles. The number of rotatable bonds is 2. The van der Waals surface area contributed by atoms with Gasteiger partial charge in [-0.05, 0) is 19.9 Å². The van der Waals surface area contributed by atoms with Crippen molar-refractivity contribution in [3.8, 4) is 0 Å². The second kappa shape index (κ2) is 4.49. The van der Waals surface area contributed by atoms with Gasteiger partial charge in [-0.1, -0.05) is 11.6 Å². The monoisotopic (exact) mass is 261 g/mol. The van der Waals surface area contributed by atoms with E-state index in [0.717, 1.165) is 6.07 Å². The zero-order chi connectivity index (χ0) is 12.6. The molecule has 1 aliphatic heterocycles. The van der Waals surface area contributed by atoms with Crippen LogP contribution in [0, 0.1) is 5.82 Å². The van der Waals surface area contributed by atoms with E-state index in [1.54, 1.807) is 13.8 Å². The molecule has 0 bridgehead atoms. The zero-order valence-corrected chi connectivity index (χ0v) is 10.2. The number of hydrogen-bond acceptors (Lipinski definition) is 4. The van der Waals surface area contributed by atoms with Crippen molar-refractivity contribution < 1.29 is 19.0 Å². The number of halogens is 2. The first-order valence-electron chi connectivity index (χ1n) is 5.20. The molecule has 6 heteroatoms. The van der Waals surface area contributed by atoms with Crippen molar-refractivity contribution in [2.24, 2.45) is 0 Å². The molecule has 0 aliphatic carbocycles. The normalized spacial score (nSPS) is 24.9. The summed E-state index contributed by atoms with van der Waals surface area (Å²) in [6, 6.07) is 1.15. The molecule has 1 N–H and O–H groups in total. The summed E-state index contributed by atoms with van der Waals surface area (Å²) in [6.45, 7) is 3.75. The molecule has 4 nitrogen and oxygen atoms in total. The molecule has 17 heavy (non-hydrogen) atoms. The molecular formula is C11H13ClFNO3. The summed E-state index contributed by atoms with van der Waals surface area (Å²) in [5, 5.41) is 9.80. The van der Waals surface area contributed by atoms with Gasteiger partial charge in [0.05, 0.1) is 6.61 Å². The minimum atomic E-state index is -0.990. The van der Waals surface area contributed by atoms with Crippen LogP contribution >= 0.6 is 11.6 Å². The Labute approximate surface area is 103 Å². The summed E-state index contributed by atoms with van der Waals surface area (Å²) in [5.41, 5.74) is 0.318. The Morgan fingerprint density at radius 3 is 2.88 bits per heavy atom. The smallest absolute Gasteiger partial charge is 0.164 e. The molecule has 0 amide bonds. The molecule has 1 aliphatic rings. The summed E-state index contributed by atoms with van der Waals surface area (Å²) in [5.74, 6) is -1.40. The van der Waals surface area contributed by atoms with Crippen LogP contribution in [0.25, 0.3) is 0 Å². The molecule has 2 atom stereocenters. The molecule has 0 aromatic carbocycles. The molecule has 2 rings (SSSR count). The summed E-state index contributed by atoms with van der Waals surface area (Å²) < 4.78 is 24.0. The second-order valence-corrected chi connectivity index (χ2v) is 4.71. The maximum atomic E-state index is 13.2. The van der Waals surface area contributed by atoms with Crippen molar-refractivity contribution in [2.45, 2.75) is 31.8 Å². The topological polar surface area (TPSA) is 51.6 Å². The molecule has 0 radical (unpaired) electrons. The highest BCUT2D eigenvalue weighted by Crippen LogP contribution is 2.31. The van der Waals surface area contributed by atoms with Gasteiger partial charge in [-0.25, -0.2) is 9.37 Å². The molecule has 1 aromatic heterocycles. The molecule has 2 heterocycles. The van der Waals surface area contributed by atoms with Gasteiger partial charge < -0.3 is 14.6 Å². The molecule has 1 aromatic rings. The lowest BCUT2D eigenvalue weighted by molar-refractivity contribution is -0.151. The van der Waals surface area contributed by atoms with Crippen molar-refractivity contribution in [3.63, 3.8) is 0 Å². The highest BCUT2D eigenvalue weighted by molar-refractivity contribution is 6.29. The predicted octanol–water partition coefficient (Wildman–Crippen LogP) is 2.06. The number of ether oxygens (including phenoxy) is 2. The van der Waals surface area contributed by atoms with Gasteiger partial charge in [-0.3, -0.25) is 0 Å². The van der Waals surface area contributed by atoms with Crippen LogP contribution in [0.4, 0.5) is 4.39 Å². The van der Waals surface area contributed by atoms with E-state index >= 15 is 0 Å². The molecule has 1 fully saturated rings. The van der Waals surface area contributed by atoms with Gasteiger partial charge in [0, 0.05) is 11.8 Å². The molecule has 94 valence electrons. The SMILES string of the molecule is CC1(C)OC[C@H]([C@H](O)c2cnc(Cl)c(F)c2)O1. The molecule has 0 spiro atoms. The standard InChI is InChI=1S/C11H13ClFNO3/c1-11(2)16-5-8(17-11)9(15)6-3-7(13)10(12)14-4-6/h3-4,8-9,15H,5H2,1-2H3/t8-,9-/m1/s1. The number of nitrogens with zero attached hydrogens (tertiary/aromatic N) is 1. The molecule has 0 saturated carbocycles. The van der Waals surface area contributed by atoms with Crippen LogP contribution < -0.4 is 0 Å². The average Bonchev–Trinajstić information content (AvgIpc) is 2.62. The maximum Gasteiger partial charge on any atom is 0.164 e. The summed E-state index contributed by atoms with van der Waals surface area (Å²) >= 11 is 5.47. The zero-order valence-electron chi connectivity index (χ0n) is 9.48. The van der Waals surface area contributed by atoms with Crippen molar-refractivity contribution >= 4 is 11.6 Å². The molecular weight excluding hydrogens is 249 g/mol. The van der Waals surface area contributed by atoms with E-state index in [1.165, 1.54) is 6.20 Å². The summed E-state index contributed by atoms with van der Waals surface area (Å²) in [6.07, 6.45) is -0.200. The van der Waals surface area contributed by atoms with Crippen molar-refractivity contribution in [1.29, 1.82) is 0 Å². The lowest BCUT2D eigenvalue weighted by Crippen LogP contribution is -2.25. The van der Waals surface area contributed by atoms with Crippen molar-refractivity contribution in [1.82, 2.24) is 4.98 Å². The minimum Gasteiger partial charge on any atom is -0.386 e. The van der Waals surface area contributed by atoms with Crippen LogP contribution in [-0.2, 0) is 9.47 Å². The Balaban J connectivity index is 2.15. The van der Waals surface area contributed by atoms with Gasteiger partial charge in [-0.2, -0.15) is 0 Å². The highest BCUT2D eigenvalue weighted by atomic mass is 35.5. The first kappa shape index (κ1) is 12.7. The Morgan fingerprint density at radius 2 is 2.35 bits per heavy atom. The van der Waals surface area contributed by atoms with E-state index in [-0.39, 0.29) is 11.8 Å². The van der Waals surface area contributed by atoms with Crippen LogP contribution in [-0.4, -0.2) is 28.6 Å². The van der Waals surface area contributed by atoms with Crippen molar-refractivity contribution in [2.75, 3.05) is 6.61 Å². The van der Waals surface area contributed by atoms with Crippen LogP contribution in [0.2, 0.25) is 5.15 Å². The number of aromatic nitrogens is 1. The Bertz CT molecular complexity index is 427. The maximum absolute atomic E-state index is 13.2. The first-order chi connectivity index (χ1) is 7.89. The van der Waals surface area contributed by atoms with Gasteiger partial charge in [0.2, 0.25) is 0 Å². The van der Waals surface area contributed by atoms with Crippen molar-refractivity contribution in [3.05, 3.63) is 28.8 Å². The quantitative estimate of drug-likeness (QED) is 0.828. The third kappa shape index (κ3) is 2.74. The van der Waals surface area contributed by atoms with E-state index in [1.807, 2.05) is 0 Å². The fraction of sp³-hybridized carbons (Fsp3) is 0.545. The van der Waals surface area contributed by atoms with Crippen LogP contribution in [0.1, 0.15) is 25.5 Å². The van der Waals surface area contributed by atoms with Gasteiger partial charge in [0.25, 0.3) is 0 Å². The summed E-state index contributed by atoms with van der Waals surface area (Å²) in [4.78, 5) is 3.64. The summed E-state index contributed by atoms with van der Waals surface area (Å²) in [7, 11) is 0. The largest absolute Gasteiger partial charge is 0.386 e. The number of aliphatic hydroxyl groups is 1. The van der Waals surface area contributed by atoms with E-state index in [9.17, 15) is 9.50 Å². The third-order valence-corrected chi connectivity index (χ3v) is 2.82. The third-order valence-electron chi connectivity index (χ3n) is 2.54. The van der Waals surface area contributed by atoms with Crippen LogP contribution in [0.5, 0.6) is 0 Å². The fourth-order valence-corrected chi connectivity index (χ4v) is 1.79. The van der Waals surface area contributed by atoms with Gasteiger partial charge in [0.1, 0.15) is 12.2 Å². The predicted molar refractivity (Wildman–Crippen MR) is 59.1 cm³/mol. The first-order valence-corrected chi connectivity index (χ1v) is 5.57. The van der Waals surface area contributed by atoms with Gasteiger partial charge in [-0.15, -0.1) is 0 Å². The highest BCUT2D eigenvalue weighted by Gasteiger charge is 2.37. The second-order valence-electron chi connectivity index (χ2n) is 4.35. The number of pyridine rings is 1. The minimum absolute atomic E-state index is 0.218.